The number of hydrogen-bond donors (Lipinski definition) is 1. The molecule has 3 nitrogen and oxygen atoms in total. The Hall–Kier alpha value is -2.64. The van der Waals surface area contributed by atoms with Crippen molar-refractivity contribution in [2.45, 2.75) is 12.2 Å². The van der Waals surface area contributed by atoms with E-state index >= 15 is 0 Å². The van der Waals surface area contributed by atoms with Crippen LogP contribution in [0.25, 0.3) is 0 Å². The van der Waals surface area contributed by atoms with Crippen LogP contribution in [0.3, 0.4) is 0 Å². The van der Waals surface area contributed by atoms with Crippen LogP contribution in [0, 0.1) is 5.82 Å². The number of nitrogens with zero attached hydrogens (tertiary/aromatic N) is 1. The van der Waals surface area contributed by atoms with Crippen LogP contribution in [-0.4, -0.2) is 18.8 Å². The summed E-state index contributed by atoms with van der Waals surface area (Å²) in [6.45, 7) is -1.40. The molecule has 0 radical (unpaired) electrons. The highest BCUT2D eigenvalue weighted by Crippen LogP contribution is 2.47. The molecular weight excluding hydrogens is 331 g/mol. The molecule has 0 fully saturated rings. The molecular formula is C16H11F5N2O. The van der Waals surface area contributed by atoms with Gasteiger partial charge in [-0.3, -0.25) is 9.69 Å². The van der Waals surface area contributed by atoms with Gasteiger partial charge < -0.3 is 5.32 Å². The van der Waals surface area contributed by atoms with Gasteiger partial charge in [0.1, 0.15) is 5.82 Å². The molecule has 0 aromatic heterocycles. The van der Waals surface area contributed by atoms with Gasteiger partial charge in [0.15, 0.2) is 12.7 Å². The maximum atomic E-state index is 13.6. The molecule has 1 amide bonds. The topological polar surface area (TPSA) is 32.3 Å². The van der Waals surface area contributed by atoms with E-state index in [1.165, 1.54) is 24.3 Å². The molecule has 1 aliphatic heterocycles. The summed E-state index contributed by atoms with van der Waals surface area (Å²) in [4.78, 5) is 12.9. The van der Waals surface area contributed by atoms with Crippen molar-refractivity contribution >= 4 is 23.0 Å². The molecule has 24 heavy (non-hydrogen) atoms. The molecule has 0 aliphatic carbocycles. The fraction of sp³-hybridized carbons (Fsp3) is 0.188. The maximum absolute atomic E-state index is 13.6. The van der Waals surface area contributed by atoms with E-state index in [2.05, 4.69) is 5.32 Å². The minimum Gasteiger partial charge on any atom is -0.369 e. The van der Waals surface area contributed by atoms with Crippen molar-refractivity contribution in [3.8, 4) is 0 Å². The molecule has 1 N–H and O–H groups in total. The number of carbonyl (C=O) groups is 1. The largest absolute Gasteiger partial charge is 0.412 e. The first-order chi connectivity index (χ1) is 11.3. The van der Waals surface area contributed by atoms with Crippen LogP contribution in [0.1, 0.15) is 11.6 Å². The summed E-state index contributed by atoms with van der Waals surface area (Å²) in [6, 6.07) is 6.16. The number of anilines is 3. The lowest BCUT2D eigenvalue weighted by Crippen LogP contribution is -2.29. The SMILES string of the molecule is O=C(CF)N1c2ccccc2NC(C(F)(F)F)c2cc(F)ccc21. The Morgan fingerprint density at radius 2 is 1.83 bits per heavy atom. The molecule has 0 saturated carbocycles. The minimum absolute atomic E-state index is 0.00164. The number of carbonyl (C=O) groups excluding carboxylic acids is 1. The smallest absolute Gasteiger partial charge is 0.369 e. The van der Waals surface area contributed by atoms with E-state index in [0.29, 0.717) is 6.07 Å². The van der Waals surface area contributed by atoms with Crippen molar-refractivity contribution in [1.29, 1.82) is 0 Å². The third-order valence-corrected chi connectivity index (χ3v) is 3.68. The lowest BCUT2D eigenvalue weighted by Gasteiger charge is -2.24. The summed E-state index contributed by atoms with van der Waals surface area (Å²) in [6.07, 6.45) is -4.75. The lowest BCUT2D eigenvalue weighted by molar-refractivity contribution is -0.143. The summed E-state index contributed by atoms with van der Waals surface area (Å²) >= 11 is 0. The van der Waals surface area contributed by atoms with Crippen LogP contribution < -0.4 is 10.2 Å². The van der Waals surface area contributed by atoms with Gasteiger partial charge in [-0.1, -0.05) is 12.1 Å². The Bertz CT molecular complexity index is 790. The summed E-state index contributed by atoms with van der Waals surface area (Å²) in [7, 11) is 0. The van der Waals surface area contributed by atoms with Crippen molar-refractivity contribution in [2.75, 3.05) is 16.9 Å². The van der Waals surface area contributed by atoms with Gasteiger partial charge in [-0.2, -0.15) is 13.2 Å². The molecule has 2 aromatic carbocycles. The highest BCUT2D eigenvalue weighted by Gasteiger charge is 2.45. The summed E-state index contributed by atoms with van der Waals surface area (Å²) in [5, 5.41) is 2.28. The number of hydrogen-bond acceptors (Lipinski definition) is 2. The number of para-hydroxylation sites is 2. The van der Waals surface area contributed by atoms with E-state index < -0.39 is 36.2 Å². The summed E-state index contributed by atoms with van der Waals surface area (Å²) in [5.41, 5.74) is -0.627. The van der Waals surface area contributed by atoms with E-state index in [9.17, 15) is 26.7 Å². The van der Waals surface area contributed by atoms with Crippen LogP contribution in [0.5, 0.6) is 0 Å². The van der Waals surface area contributed by atoms with E-state index in [1.807, 2.05) is 0 Å². The number of nitrogens with one attached hydrogen (secondary N) is 1. The zero-order chi connectivity index (χ0) is 17.5. The molecule has 8 heteroatoms. The Morgan fingerprint density at radius 1 is 1.12 bits per heavy atom. The molecule has 126 valence electrons. The Labute approximate surface area is 133 Å². The lowest BCUT2D eigenvalue weighted by atomic mass is 10.0. The van der Waals surface area contributed by atoms with Crippen LogP contribution in [0.4, 0.5) is 39.0 Å². The summed E-state index contributed by atoms with van der Waals surface area (Å²) in [5.74, 6) is -1.93. The molecule has 1 atom stereocenters. The zero-order valence-electron chi connectivity index (χ0n) is 12.1. The van der Waals surface area contributed by atoms with Crippen molar-refractivity contribution in [2.24, 2.45) is 0 Å². The second-order valence-corrected chi connectivity index (χ2v) is 5.20. The van der Waals surface area contributed by atoms with E-state index in [4.69, 9.17) is 0 Å². The predicted octanol–water partition coefficient (Wildman–Crippen LogP) is 4.49. The van der Waals surface area contributed by atoms with Crippen molar-refractivity contribution in [1.82, 2.24) is 0 Å². The normalized spacial score (nSPS) is 16.7. The summed E-state index contributed by atoms with van der Waals surface area (Å²) < 4.78 is 67.0. The Kier molecular flexibility index (Phi) is 3.90. The quantitative estimate of drug-likeness (QED) is 0.775. The van der Waals surface area contributed by atoms with Gasteiger partial charge in [-0.05, 0) is 30.3 Å². The van der Waals surface area contributed by atoms with Gasteiger partial charge in [0.05, 0.1) is 17.1 Å². The van der Waals surface area contributed by atoms with Gasteiger partial charge in [0.25, 0.3) is 5.91 Å². The predicted molar refractivity (Wildman–Crippen MR) is 78.4 cm³/mol. The molecule has 1 heterocycles. The van der Waals surface area contributed by atoms with Crippen molar-refractivity contribution in [3.05, 3.63) is 53.8 Å². The van der Waals surface area contributed by atoms with Crippen LogP contribution >= 0.6 is 0 Å². The number of rotatable bonds is 1. The first-order valence-corrected chi connectivity index (χ1v) is 6.93. The monoisotopic (exact) mass is 342 g/mol. The minimum atomic E-state index is -4.75. The number of halogens is 5. The highest BCUT2D eigenvalue weighted by molar-refractivity contribution is 6.05. The fourth-order valence-corrected chi connectivity index (χ4v) is 2.70. The molecule has 1 aliphatic rings. The first-order valence-electron chi connectivity index (χ1n) is 6.93. The van der Waals surface area contributed by atoms with E-state index in [0.717, 1.165) is 17.0 Å². The first kappa shape index (κ1) is 16.2. The highest BCUT2D eigenvalue weighted by atomic mass is 19.4. The number of fused-ring (bicyclic) bond motifs is 2. The van der Waals surface area contributed by atoms with Crippen molar-refractivity contribution in [3.63, 3.8) is 0 Å². The standard InChI is InChI=1S/C16H11F5N2O/c17-8-14(24)23-12-6-5-9(18)7-10(12)15(16(19,20)21)22-11-3-1-2-4-13(11)23/h1-7,15,22H,8H2. The fourth-order valence-electron chi connectivity index (χ4n) is 2.70. The third kappa shape index (κ3) is 2.68. The molecule has 2 aromatic rings. The number of alkyl halides is 4. The van der Waals surface area contributed by atoms with Crippen LogP contribution in [0.15, 0.2) is 42.5 Å². The average Bonchev–Trinajstić information content (AvgIpc) is 2.68. The van der Waals surface area contributed by atoms with Crippen LogP contribution in [0.2, 0.25) is 0 Å². The molecule has 0 saturated heterocycles. The second-order valence-electron chi connectivity index (χ2n) is 5.20. The van der Waals surface area contributed by atoms with Gasteiger partial charge in [-0.25, -0.2) is 8.78 Å². The van der Waals surface area contributed by atoms with Crippen molar-refractivity contribution < 1.29 is 26.7 Å². The number of benzene rings is 2. The molecule has 1 unspecified atom stereocenters. The average molecular weight is 342 g/mol. The van der Waals surface area contributed by atoms with Gasteiger partial charge >= 0.3 is 6.18 Å². The molecule has 0 spiro atoms. The van der Waals surface area contributed by atoms with E-state index in [-0.39, 0.29) is 17.1 Å². The van der Waals surface area contributed by atoms with Crippen LogP contribution in [-0.2, 0) is 4.79 Å². The molecule has 3 rings (SSSR count). The zero-order valence-corrected chi connectivity index (χ0v) is 12.1. The Morgan fingerprint density at radius 3 is 2.50 bits per heavy atom. The molecule has 0 bridgehead atoms. The second kappa shape index (κ2) is 5.77. The van der Waals surface area contributed by atoms with E-state index in [1.54, 1.807) is 0 Å². The maximum Gasteiger partial charge on any atom is 0.412 e. The Balaban J connectivity index is 2.32. The van der Waals surface area contributed by atoms with Gasteiger partial charge in [0.2, 0.25) is 0 Å². The van der Waals surface area contributed by atoms with Gasteiger partial charge in [-0.15, -0.1) is 0 Å². The number of amides is 1. The van der Waals surface area contributed by atoms with Gasteiger partial charge in [0, 0.05) is 5.56 Å². The third-order valence-electron chi connectivity index (χ3n) is 3.68.